The van der Waals surface area contributed by atoms with Crippen molar-refractivity contribution in [1.29, 1.82) is 0 Å². The van der Waals surface area contributed by atoms with Crippen LogP contribution in [0.1, 0.15) is 85.5 Å². The van der Waals surface area contributed by atoms with Crippen molar-refractivity contribution in [3.8, 4) is 0 Å². The number of ether oxygens (including phenoxy) is 5. The van der Waals surface area contributed by atoms with Crippen molar-refractivity contribution in [1.82, 2.24) is 0 Å². The zero-order valence-electron chi connectivity index (χ0n) is 25.2. The van der Waals surface area contributed by atoms with E-state index in [1.807, 2.05) is 0 Å². The summed E-state index contributed by atoms with van der Waals surface area (Å²) in [6.45, 7) is 8.19. The van der Waals surface area contributed by atoms with Crippen LogP contribution in [0.4, 0.5) is 0 Å². The van der Waals surface area contributed by atoms with Crippen molar-refractivity contribution >= 4 is 11.9 Å². The number of esters is 2. The van der Waals surface area contributed by atoms with Gasteiger partial charge in [-0.25, -0.2) is 4.79 Å². The fourth-order valence-electron chi connectivity index (χ4n) is 10.4. The van der Waals surface area contributed by atoms with Gasteiger partial charge in [-0.2, -0.15) is 0 Å². The first kappa shape index (κ1) is 29.5. The molecule has 41 heavy (non-hydrogen) atoms. The Morgan fingerprint density at radius 2 is 1.83 bits per heavy atom. The first-order chi connectivity index (χ1) is 19.4. The average Bonchev–Trinajstić information content (AvgIpc) is 3.46. The number of carbonyl (C=O) groups excluding carboxylic acids is 2. The Balaban J connectivity index is 1.16. The van der Waals surface area contributed by atoms with E-state index in [4.69, 9.17) is 23.7 Å². The van der Waals surface area contributed by atoms with Gasteiger partial charge < -0.3 is 33.9 Å². The van der Waals surface area contributed by atoms with Gasteiger partial charge in [0, 0.05) is 25.5 Å². The van der Waals surface area contributed by atoms with Gasteiger partial charge in [-0.3, -0.25) is 4.79 Å². The normalized spacial score (nSPS) is 51.2. The van der Waals surface area contributed by atoms with Gasteiger partial charge >= 0.3 is 11.9 Å². The van der Waals surface area contributed by atoms with E-state index >= 15 is 0 Å². The van der Waals surface area contributed by atoms with Gasteiger partial charge in [0.1, 0.15) is 18.8 Å². The maximum absolute atomic E-state index is 12.5. The Morgan fingerprint density at radius 3 is 2.51 bits per heavy atom. The second-order valence-electron chi connectivity index (χ2n) is 14.3. The lowest BCUT2D eigenvalue weighted by Gasteiger charge is -2.64. The van der Waals surface area contributed by atoms with Gasteiger partial charge in [0.05, 0.1) is 17.8 Å². The maximum Gasteiger partial charge on any atom is 0.331 e. The lowest BCUT2D eigenvalue weighted by molar-refractivity contribution is -0.315. The highest BCUT2D eigenvalue weighted by Crippen LogP contribution is 2.70. The molecule has 2 N–H and O–H groups in total. The summed E-state index contributed by atoms with van der Waals surface area (Å²) in [6.07, 6.45) is 6.35. The summed E-state index contributed by atoms with van der Waals surface area (Å²) in [5, 5.41) is 23.1. The standard InChI is InChI=1S/C32H48O9/c1-17-26(35)27(37-5)28(40-18(2)33)29(39-17)41-21-8-11-30(3)20(15-21)6-7-24-23(30)9-12-31(4)22(10-13-32(24,31)36)19-14-25(34)38-16-19/h14,17,20-24,26-29,35-36H,6-13,15-16H2,1-5H3/t17-,20?,21?,22+,23-,24+,26-,27+,28+,29-,30-,31+,32-/m0/s1. The second kappa shape index (κ2) is 10.6. The quantitative estimate of drug-likeness (QED) is 0.373. The summed E-state index contributed by atoms with van der Waals surface area (Å²) in [5.41, 5.74) is 0.221. The molecule has 0 aromatic carbocycles. The first-order valence-electron chi connectivity index (χ1n) is 15.7. The molecule has 13 atom stereocenters. The van der Waals surface area contributed by atoms with Crippen molar-refractivity contribution < 1.29 is 43.5 Å². The van der Waals surface area contributed by atoms with Crippen LogP contribution in [-0.4, -0.2) is 78.3 Å². The van der Waals surface area contributed by atoms with E-state index in [0.29, 0.717) is 18.4 Å². The molecule has 1 saturated heterocycles. The van der Waals surface area contributed by atoms with Gasteiger partial charge in [-0.15, -0.1) is 0 Å². The molecule has 0 bridgehead atoms. The van der Waals surface area contributed by atoms with E-state index in [1.165, 1.54) is 14.0 Å². The molecule has 9 nitrogen and oxygen atoms in total. The number of hydrogen-bond donors (Lipinski definition) is 2. The van der Waals surface area contributed by atoms with E-state index < -0.39 is 42.3 Å². The SMILES string of the molecule is CO[C@@H]1[C@@H](O)[C@H](C)O[C@@H](OC2CC[C@@]3(C)C(CC[C@@H]4[C@@H]3CC[C@]3(C)[C@@H](C5=CC(=O)OC5)CC[C@]43O)C2)[C@@H]1OC(C)=O. The third-order valence-corrected chi connectivity index (χ3v) is 12.6. The van der Waals surface area contributed by atoms with Crippen LogP contribution in [0.2, 0.25) is 0 Å². The van der Waals surface area contributed by atoms with Crippen LogP contribution in [0.25, 0.3) is 0 Å². The number of aliphatic hydroxyl groups is 2. The number of cyclic esters (lactones) is 1. The van der Waals surface area contributed by atoms with Crippen LogP contribution in [0.3, 0.4) is 0 Å². The van der Waals surface area contributed by atoms with Crippen molar-refractivity contribution in [2.45, 2.75) is 128 Å². The summed E-state index contributed by atoms with van der Waals surface area (Å²) in [6, 6.07) is 0. The van der Waals surface area contributed by atoms with Gasteiger partial charge in [0.25, 0.3) is 0 Å². The molecule has 6 aliphatic rings. The molecule has 4 aliphatic carbocycles. The van der Waals surface area contributed by atoms with Gasteiger partial charge in [0.15, 0.2) is 12.4 Å². The number of aliphatic hydroxyl groups excluding tert-OH is 1. The molecule has 0 aromatic rings. The van der Waals surface area contributed by atoms with Crippen molar-refractivity contribution in [3.05, 3.63) is 11.6 Å². The summed E-state index contributed by atoms with van der Waals surface area (Å²) >= 11 is 0. The van der Waals surface area contributed by atoms with Crippen LogP contribution in [0.15, 0.2) is 11.6 Å². The second-order valence-corrected chi connectivity index (χ2v) is 14.3. The Hall–Kier alpha value is -1.52. The Morgan fingerprint density at radius 1 is 1.05 bits per heavy atom. The van der Waals surface area contributed by atoms with Gasteiger partial charge in [-0.05, 0) is 99.4 Å². The van der Waals surface area contributed by atoms with Crippen molar-refractivity contribution in [2.24, 2.45) is 34.5 Å². The molecule has 0 aromatic heterocycles. The highest BCUT2D eigenvalue weighted by atomic mass is 16.7. The molecule has 9 heteroatoms. The fourth-order valence-corrected chi connectivity index (χ4v) is 10.4. The summed E-state index contributed by atoms with van der Waals surface area (Å²) < 4.78 is 28.9. The number of hydrogen-bond acceptors (Lipinski definition) is 9. The number of methoxy groups -OCH3 is 1. The third kappa shape index (κ3) is 4.60. The molecule has 6 rings (SSSR count). The van der Waals surface area contributed by atoms with Gasteiger partial charge in [0.2, 0.25) is 0 Å². The minimum absolute atomic E-state index is 0.0488. The van der Waals surface area contributed by atoms with E-state index in [-0.39, 0.29) is 34.7 Å². The first-order valence-corrected chi connectivity index (χ1v) is 15.7. The van der Waals surface area contributed by atoms with E-state index in [1.54, 1.807) is 13.0 Å². The molecule has 0 spiro atoms. The average molecular weight is 577 g/mol. The van der Waals surface area contributed by atoms with Crippen LogP contribution in [0.5, 0.6) is 0 Å². The zero-order chi connectivity index (χ0) is 29.3. The lowest BCUT2D eigenvalue weighted by Crippen LogP contribution is -2.63. The molecule has 0 amide bonds. The van der Waals surface area contributed by atoms with Crippen molar-refractivity contribution in [2.75, 3.05) is 13.7 Å². The van der Waals surface area contributed by atoms with E-state index in [0.717, 1.165) is 63.4 Å². The third-order valence-electron chi connectivity index (χ3n) is 12.6. The number of carbonyl (C=O) groups is 2. The van der Waals surface area contributed by atoms with Crippen LogP contribution in [-0.2, 0) is 33.3 Å². The highest BCUT2D eigenvalue weighted by Gasteiger charge is 2.67. The molecule has 2 aliphatic heterocycles. The summed E-state index contributed by atoms with van der Waals surface area (Å²) in [5.74, 6) is 0.650. The molecule has 0 radical (unpaired) electrons. The Bertz CT molecular complexity index is 1080. The topological polar surface area (TPSA) is 121 Å². The zero-order valence-corrected chi connectivity index (χ0v) is 25.2. The van der Waals surface area contributed by atoms with Crippen LogP contribution in [0, 0.1) is 34.5 Å². The predicted molar refractivity (Wildman–Crippen MR) is 147 cm³/mol. The molecule has 5 fully saturated rings. The number of fused-ring (bicyclic) bond motifs is 5. The smallest absolute Gasteiger partial charge is 0.331 e. The minimum Gasteiger partial charge on any atom is -0.458 e. The fraction of sp³-hybridized carbons (Fsp3) is 0.875. The largest absolute Gasteiger partial charge is 0.458 e. The Labute approximate surface area is 243 Å². The van der Waals surface area contributed by atoms with E-state index in [2.05, 4.69) is 13.8 Å². The summed E-state index contributed by atoms with van der Waals surface area (Å²) in [4.78, 5) is 23.7. The van der Waals surface area contributed by atoms with Gasteiger partial charge in [-0.1, -0.05) is 13.8 Å². The minimum atomic E-state index is -0.926. The summed E-state index contributed by atoms with van der Waals surface area (Å²) in [7, 11) is 1.50. The number of rotatable bonds is 5. The van der Waals surface area contributed by atoms with Crippen LogP contribution < -0.4 is 0 Å². The molecule has 4 saturated carbocycles. The molecule has 2 heterocycles. The Kier molecular flexibility index (Phi) is 7.62. The highest BCUT2D eigenvalue weighted by molar-refractivity contribution is 5.85. The predicted octanol–water partition coefficient (Wildman–Crippen LogP) is 3.68. The molecular weight excluding hydrogens is 528 g/mol. The van der Waals surface area contributed by atoms with Crippen LogP contribution >= 0.6 is 0 Å². The molecular formula is C32H48O9. The van der Waals surface area contributed by atoms with Crippen molar-refractivity contribution in [3.63, 3.8) is 0 Å². The van der Waals surface area contributed by atoms with E-state index in [9.17, 15) is 19.8 Å². The molecule has 2 unspecified atom stereocenters. The maximum atomic E-state index is 12.5. The monoisotopic (exact) mass is 576 g/mol. The molecule has 230 valence electrons. The lowest BCUT2D eigenvalue weighted by atomic mass is 9.43.